The van der Waals surface area contributed by atoms with E-state index in [1.165, 1.54) is 18.3 Å². The summed E-state index contributed by atoms with van der Waals surface area (Å²) in [5.74, 6) is -3.54. The number of hydrogen-bond acceptors (Lipinski definition) is 7. The van der Waals surface area contributed by atoms with Crippen LogP contribution in [0.2, 0.25) is 0 Å². The van der Waals surface area contributed by atoms with Gasteiger partial charge in [-0.15, -0.1) is 0 Å². The van der Waals surface area contributed by atoms with Gasteiger partial charge in [0.2, 0.25) is 17.6 Å². The number of para-hydroxylation sites is 1. The van der Waals surface area contributed by atoms with Crippen LogP contribution >= 0.6 is 0 Å². The Morgan fingerprint density at radius 1 is 1.02 bits per heavy atom. The van der Waals surface area contributed by atoms with Crippen molar-refractivity contribution in [2.45, 2.75) is 66.5 Å². The first kappa shape index (κ1) is 34.2. The van der Waals surface area contributed by atoms with Crippen molar-refractivity contribution < 1.29 is 28.4 Å². The van der Waals surface area contributed by atoms with E-state index in [0.717, 1.165) is 9.95 Å². The quantitative estimate of drug-likeness (QED) is 0.221. The zero-order chi connectivity index (χ0) is 32.1. The maximum Gasteiger partial charge on any atom is 0.287 e. The summed E-state index contributed by atoms with van der Waals surface area (Å²) >= 11 is 0. The molecule has 0 spiro atoms. The van der Waals surface area contributed by atoms with E-state index in [1.54, 1.807) is 38.1 Å². The Kier molecular flexibility index (Phi) is 13.1. The number of aromatic nitrogens is 1. The molecule has 12 nitrogen and oxygen atoms in total. The number of furan rings is 1. The molecule has 0 radical (unpaired) electrons. The SMILES string of the molecule is C=C(CC)NC(=O)Cn1cccc(NC(=O)C(CCC(=O)C(=O)NCC)NC(=O)c2oc3ccccc3c2C)c1=O.CC. The number of Topliss-reactive ketones (excluding diaryl/α,β-unsaturated/α-hetero) is 1. The van der Waals surface area contributed by atoms with Gasteiger partial charge in [0, 0.05) is 35.8 Å². The molecule has 0 saturated heterocycles. The number of aryl methyl sites for hydroxylation is 1. The molecule has 4 amide bonds. The number of carbonyl (C=O) groups excluding carboxylic acids is 5. The van der Waals surface area contributed by atoms with Crippen LogP contribution in [0.25, 0.3) is 11.0 Å². The first-order chi connectivity index (χ1) is 20.5. The van der Waals surface area contributed by atoms with Crippen molar-refractivity contribution in [3.8, 4) is 0 Å². The van der Waals surface area contributed by atoms with Crippen molar-refractivity contribution in [1.29, 1.82) is 0 Å². The number of likely N-dealkylation sites (N-methyl/N-ethyl adjacent to an activating group) is 1. The first-order valence-electron chi connectivity index (χ1n) is 14.1. The number of anilines is 1. The molecular formula is C31H39N5O7. The summed E-state index contributed by atoms with van der Waals surface area (Å²) in [6, 6.07) is 8.56. The van der Waals surface area contributed by atoms with Crippen molar-refractivity contribution in [3.63, 3.8) is 0 Å². The maximum absolute atomic E-state index is 13.3. The van der Waals surface area contributed by atoms with Gasteiger partial charge in [0.05, 0.1) is 0 Å². The Morgan fingerprint density at radius 3 is 2.37 bits per heavy atom. The number of rotatable bonds is 13. The third-order valence-corrected chi connectivity index (χ3v) is 6.26. The van der Waals surface area contributed by atoms with Gasteiger partial charge in [0.15, 0.2) is 5.76 Å². The fraction of sp³-hybridized carbons (Fsp3) is 0.355. The molecule has 2 aromatic heterocycles. The van der Waals surface area contributed by atoms with Crippen LogP contribution in [0.4, 0.5) is 5.69 Å². The highest BCUT2D eigenvalue weighted by Gasteiger charge is 2.27. The monoisotopic (exact) mass is 593 g/mol. The third-order valence-electron chi connectivity index (χ3n) is 6.26. The summed E-state index contributed by atoms with van der Waals surface area (Å²) in [4.78, 5) is 75.9. The minimum Gasteiger partial charge on any atom is -0.451 e. The second kappa shape index (κ2) is 16.4. The van der Waals surface area contributed by atoms with E-state index in [9.17, 15) is 28.8 Å². The van der Waals surface area contributed by atoms with Gasteiger partial charge in [-0.05, 0) is 44.9 Å². The molecule has 0 saturated carbocycles. The molecule has 43 heavy (non-hydrogen) atoms. The molecule has 0 bridgehead atoms. The van der Waals surface area contributed by atoms with Crippen molar-refractivity contribution in [2.24, 2.45) is 0 Å². The third kappa shape index (κ3) is 9.25. The van der Waals surface area contributed by atoms with Crippen molar-refractivity contribution in [2.75, 3.05) is 11.9 Å². The zero-order valence-corrected chi connectivity index (χ0v) is 25.2. The van der Waals surface area contributed by atoms with Gasteiger partial charge < -0.3 is 30.3 Å². The molecule has 12 heteroatoms. The molecule has 0 fully saturated rings. The van der Waals surface area contributed by atoms with E-state index in [-0.39, 0.29) is 37.4 Å². The standard InChI is InChI=1S/C29H33N5O7.C2H6/c1-5-17(3)31-24(36)16-34-15-9-11-21(29(34)40)33-26(37)20(13-14-22(35)27(38)30-6-2)32-28(39)25-18(4)19-10-7-8-12-23(19)41-25;1-2/h7-12,15,20H,3,5-6,13-14,16H2,1-2,4H3,(H,30,38)(H,31,36)(H,32,39)(H,33,37);1-2H3. The Bertz CT molecular complexity index is 1550. The Labute approximate surface area is 249 Å². The van der Waals surface area contributed by atoms with E-state index in [2.05, 4.69) is 27.8 Å². The van der Waals surface area contributed by atoms with Crippen LogP contribution in [-0.2, 0) is 25.7 Å². The van der Waals surface area contributed by atoms with Gasteiger partial charge in [-0.3, -0.25) is 28.8 Å². The van der Waals surface area contributed by atoms with Crippen LogP contribution < -0.4 is 26.8 Å². The number of pyridine rings is 1. The summed E-state index contributed by atoms with van der Waals surface area (Å²) in [6.07, 6.45) is 1.35. The molecule has 0 aliphatic rings. The van der Waals surface area contributed by atoms with Gasteiger partial charge >= 0.3 is 0 Å². The largest absolute Gasteiger partial charge is 0.451 e. The van der Waals surface area contributed by atoms with E-state index in [1.807, 2.05) is 20.8 Å². The lowest BCUT2D eigenvalue weighted by Crippen LogP contribution is -2.45. The zero-order valence-electron chi connectivity index (χ0n) is 25.2. The van der Waals surface area contributed by atoms with Crippen LogP contribution in [0.15, 0.2) is 64.1 Å². The van der Waals surface area contributed by atoms with Gasteiger partial charge in [-0.2, -0.15) is 0 Å². The summed E-state index contributed by atoms with van der Waals surface area (Å²) in [7, 11) is 0. The van der Waals surface area contributed by atoms with Gasteiger partial charge in [0.1, 0.15) is 23.9 Å². The number of nitrogens with one attached hydrogen (secondary N) is 4. The molecule has 1 atom stereocenters. The lowest BCUT2D eigenvalue weighted by molar-refractivity contribution is -0.138. The predicted molar refractivity (Wildman–Crippen MR) is 163 cm³/mol. The van der Waals surface area contributed by atoms with E-state index >= 15 is 0 Å². The molecule has 230 valence electrons. The molecular weight excluding hydrogens is 554 g/mol. The molecule has 4 N–H and O–H groups in total. The Balaban J connectivity index is 0.00000316. The average Bonchev–Trinajstić information content (AvgIpc) is 3.34. The van der Waals surface area contributed by atoms with E-state index in [0.29, 0.717) is 23.3 Å². The topological polar surface area (TPSA) is 169 Å². The van der Waals surface area contributed by atoms with Gasteiger partial charge in [-0.25, -0.2) is 0 Å². The van der Waals surface area contributed by atoms with Crippen LogP contribution in [0, 0.1) is 6.92 Å². The van der Waals surface area contributed by atoms with E-state index in [4.69, 9.17) is 4.42 Å². The number of fused-ring (bicyclic) bond motifs is 1. The van der Waals surface area contributed by atoms with Gasteiger partial charge in [-0.1, -0.05) is 45.5 Å². The molecule has 3 aromatic rings. The first-order valence-corrected chi connectivity index (χ1v) is 14.1. The smallest absolute Gasteiger partial charge is 0.287 e. The minimum atomic E-state index is -1.31. The fourth-order valence-corrected chi connectivity index (χ4v) is 3.99. The maximum atomic E-state index is 13.3. The lowest BCUT2D eigenvalue weighted by Gasteiger charge is -2.18. The highest BCUT2D eigenvalue weighted by atomic mass is 16.3. The number of hydrogen-bond donors (Lipinski definition) is 4. The Hall–Kier alpha value is -5.00. The highest BCUT2D eigenvalue weighted by Crippen LogP contribution is 2.25. The average molecular weight is 594 g/mol. The molecule has 2 heterocycles. The second-order valence-electron chi connectivity index (χ2n) is 9.25. The Morgan fingerprint density at radius 2 is 1.72 bits per heavy atom. The predicted octanol–water partition coefficient (Wildman–Crippen LogP) is 3.19. The number of ketones is 1. The summed E-state index contributed by atoms with van der Waals surface area (Å²) in [6.45, 7) is 12.8. The number of amides is 4. The number of nitrogens with zero attached hydrogens (tertiary/aromatic N) is 1. The van der Waals surface area contributed by atoms with Crippen LogP contribution in [-0.4, -0.2) is 46.6 Å². The van der Waals surface area contributed by atoms with Crippen LogP contribution in [0.3, 0.4) is 0 Å². The number of benzene rings is 1. The molecule has 3 rings (SSSR count). The van der Waals surface area contributed by atoms with Crippen molar-refractivity contribution in [3.05, 3.63) is 76.5 Å². The second-order valence-corrected chi connectivity index (χ2v) is 9.25. The minimum absolute atomic E-state index is 0.0131. The van der Waals surface area contributed by atoms with Crippen molar-refractivity contribution >= 4 is 46.1 Å². The number of allylic oxidation sites excluding steroid dienone is 1. The van der Waals surface area contributed by atoms with E-state index < -0.39 is 41.0 Å². The molecule has 0 aliphatic heterocycles. The number of carbonyl (C=O) groups is 5. The molecule has 1 unspecified atom stereocenters. The van der Waals surface area contributed by atoms with Crippen molar-refractivity contribution in [1.82, 2.24) is 20.5 Å². The highest BCUT2D eigenvalue weighted by molar-refractivity contribution is 6.36. The van der Waals surface area contributed by atoms with Crippen LogP contribution in [0.5, 0.6) is 0 Å². The summed E-state index contributed by atoms with van der Waals surface area (Å²) in [5.41, 5.74) is 0.737. The lowest BCUT2D eigenvalue weighted by atomic mass is 10.1. The molecule has 1 aromatic carbocycles. The molecule has 0 aliphatic carbocycles. The van der Waals surface area contributed by atoms with Crippen LogP contribution in [0.1, 0.15) is 63.1 Å². The summed E-state index contributed by atoms with van der Waals surface area (Å²) in [5, 5.41) is 10.7. The van der Waals surface area contributed by atoms with Gasteiger partial charge in [0.25, 0.3) is 17.4 Å². The normalized spacial score (nSPS) is 11.0. The fourth-order valence-electron chi connectivity index (χ4n) is 3.99. The summed E-state index contributed by atoms with van der Waals surface area (Å²) < 4.78 is 6.80.